The number of rotatable bonds is 4. The van der Waals surface area contributed by atoms with Crippen LogP contribution < -0.4 is 5.73 Å². The standard InChI is InChI=1S/C11H21NO/c12-7-10-3-1-2-4-11(10)13-8-9-5-6-9/h9-11H,1-8,12H2. The monoisotopic (exact) mass is 183 g/mol. The Labute approximate surface area is 80.8 Å². The van der Waals surface area contributed by atoms with Crippen LogP contribution in [0.2, 0.25) is 0 Å². The smallest absolute Gasteiger partial charge is 0.0615 e. The fourth-order valence-corrected chi connectivity index (χ4v) is 2.21. The quantitative estimate of drug-likeness (QED) is 0.723. The van der Waals surface area contributed by atoms with Gasteiger partial charge in [-0.1, -0.05) is 12.8 Å². The van der Waals surface area contributed by atoms with E-state index < -0.39 is 0 Å². The molecule has 2 atom stereocenters. The van der Waals surface area contributed by atoms with Crippen molar-refractivity contribution < 1.29 is 4.74 Å². The third-order valence-corrected chi connectivity index (χ3v) is 3.39. The molecule has 0 aromatic carbocycles. The predicted molar refractivity (Wildman–Crippen MR) is 53.5 cm³/mol. The zero-order valence-electron chi connectivity index (χ0n) is 8.37. The third kappa shape index (κ3) is 2.68. The minimum absolute atomic E-state index is 0.486. The SMILES string of the molecule is NCC1CCCCC1OCC1CC1. The van der Waals surface area contributed by atoms with Gasteiger partial charge in [0.05, 0.1) is 6.10 Å². The lowest BCUT2D eigenvalue weighted by atomic mass is 9.86. The number of ether oxygens (including phenoxy) is 1. The second-order valence-electron chi connectivity index (χ2n) is 4.60. The summed E-state index contributed by atoms with van der Waals surface area (Å²) >= 11 is 0. The minimum Gasteiger partial charge on any atom is -0.378 e. The van der Waals surface area contributed by atoms with Crippen LogP contribution in [0.25, 0.3) is 0 Å². The van der Waals surface area contributed by atoms with Gasteiger partial charge in [-0.3, -0.25) is 0 Å². The normalized spacial score (nSPS) is 34.8. The molecular formula is C11H21NO. The van der Waals surface area contributed by atoms with Crippen molar-refractivity contribution in [1.29, 1.82) is 0 Å². The van der Waals surface area contributed by atoms with E-state index in [1.54, 1.807) is 0 Å². The predicted octanol–water partition coefficient (Wildman–Crippen LogP) is 1.93. The molecule has 2 rings (SSSR count). The van der Waals surface area contributed by atoms with Gasteiger partial charge in [-0.25, -0.2) is 0 Å². The van der Waals surface area contributed by atoms with Crippen molar-refractivity contribution in [3.05, 3.63) is 0 Å². The van der Waals surface area contributed by atoms with Crippen molar-refractivity contribution in [2.75, 3.05) is 13.2 Å². The molecule has 0 radical (unpaired) electrons. The van der Waals surface area contributed by atoms with Crippen LogP contribution in [0.3, 0.4) is 0 Å². The molecule has 0 amide bonds. The molecule has 2 aliphatic carbocycles. The Kier molecular flexibility index (Phi) is 3.23. The molecule has 0 saturated heterocycles. The van der Waals surface area contributed by atoms with E-state index in [2.05, 4.69) is 0 Å². The Hall–Kier alpha value is -0.0800. The van der Waals surface area contributed by atoms with Gasteiger partial charge < -0.3 is 10.5 Å². The first-order valence-electron chi connectivity index (χ1n) is 5.72. The Bertz CT molecular complexity index is 156. The van der Waals surface area contributed by atoms with E-state index in [0.717, 1.165) is 19.1 Å². The van der Waals surface area contributed by atoms with E-state index in [1.807, 2.05) is 0 Å². The molecule has 0 aliphatic heterocycles. The van der Waals surface area contributed by atoms with Crippen LogP contribution in [0.5, 0.6) is 0 Å². The molecule has 2 N–H and O–H groups in total. The van der Waals surface area contributed by atoms with Gasteiger partial charge in [-0.15, -0.1) is 0 Å². The van der Waals surface area contributed by atoms with Gasteiger partial charge in [0.2, 0.25) is 0 Å². The highest BCUT2D eigenvalue weighted by atomic mass is 16.5. The summed E-state index contributed by atoms with van der Waals surface area (Å²) in [4.78, 5) is 0. The van der Waals surface area contributed by atoms with Crippen LogP contribution in [0.15, 0.2) is 0 Å². The average Bonchev–Trinajstić information content (AvgIpc) is 2.99. The Balaban J connectivity index is 1.72. The molecule has 0 heterocycles. The van der Waals surface area contributed by atoms with E-state index in [1.165, 1.54) is 38.5 Å². The molecule has 2 nitrogen and oxygen atoms in total. The van der Waals surface area contributed by atoms with Crippen LogP contribution in [0.1, 0.15) is 38.5 Å². The Morgan fingerprint density at radius 3 is 2.54 bits per heavy atom. The maximum absolute atomic E-state index is 5.93. The summed E-state index contributed by atoms with van der Waals surface area (Å²) in [5.74, 6) is 1.54. The van der Waals surface area contributed by atoms with Gasteiger partial charge >= 0.3 is 0 Å². The molecule has 2 saturated carbocycles. The van der Waals surface area contributed by atoms with Crippen molar-refractivity contribution in [3.63, 3.8) is 0 Å². The van der Waals surface area contributed by atoms with Crippen LogP contribution in [0, 0.1) is 11.8 Å². The number of nitrogens with two attached hydrogens (primary N) is 1. The number of hydrogen-bond acceptors (Lipinski definition) is 2. The summed E-state index contributed by atoms with van der Waals surface area (Å²) in [5.41, 5.74) is 5.74. The maximum atomic E-state index is 5.93. The molecule has 0 aromatic heterocycles. The van der Waals surface area contributed by atoms with Crippen molar-refractivity contribution in [1.82, 2.24) is 0 Å². The van der Waals surface area contributed by atoms with E-state index in [-0.39, 0.29) is 0 Å². The van der Waals surface area contributed by atoms with Crippen molar-refractivity contribution in [2.45, 2.75) is 44.6 Å². The minimum atomic E-state index is 0.486. The highest BCUT2D eigenvalue weighted by molar-refractivity contribution is 4.79. The van der Waals surface area contributed by atoms with E-state index in [4.69, 9.17) is 10.5 Å². The second-order valence-corrected chi connectivity index (χ2v) is 4.60. The lowest BCUT2D eigenvalue weighted by molar-refractivity contribution is -0.0129. The molecule has 2 aliphatic rings. The Morgan fingerprint density at radius 2 is 1.85 bits per heavy atom. The van der Waals surface area contributed by atoms with Crippen LogP contribution >= 0.6 is 0 Å². The summed E-state index contributed by atoms with van der Waals surface area (Å²) < 4.78 is 5.93. The summed E-state index contributed by atoms with van der Waals surface area (Å²) in [5, 5.41) is 0. The molecular weight excluding hydrogens is 162 g/mol. The van der Waals surface area contributed by atoms with E-state index in [0.29, 0.717) is 12.0 Å². The lowest BCUT2D eigenvalue weighted by Crippen LogP contribution is -2.33. The molecule has 0 aromatic rings. The largest absolute Gasteiger partial charge is 0.378 e. The topological polar surface area (TPSA) is 35.2 Å². The highest BCUT2D eigenvalue weighted by Gasteiger charge is 2.28. The van der Waals surface area contributed by atoms with Gasteiger partial charge in [0, 0.05) is 6.61 Å². The van der Waals surface area contributed by atoms with Crippen LogP contribution in [-0.2, 0) is 4.74 Å². The molecule has 0 bridgehead atoms. The van der Waals surface area contributed by atoms with E-state index >= 15 is 0 Å². The molecule has 0 spiro atoms. The average molecular weight is 183 g/mol. The lowest BCUT2D eigenvalue weighted by Gasteiger charge is -2.30. The van der Waals surface area contributed by atoms with Gasteiger partial charge in [-0.2, -0.15) is 0 Å². The molecule has 76 valence electrons. The molecule has 13 heavy (non-hydrogen) atoms. The fraction of sp³-hybridized carbons (Fsp3) is 1.00. The van der Waals surface area contributed by atoms with Gasteiger partial charge in [0.1, 0.15) is 0 Å². The van der Waals surface area contributed by atoms with Crippen LogP contribution in [-0.4, -0.2) is 19.3 Å². The molecule has 2 fully saturated rings. The zero-order chi connectivity index (χ0) is 9.10. The number of hydrogen-bond donors (Lipinski definition) is 1. The van der Waals surface area contributed by atoms with Gasteiger partial charge in [0.15, 0.2) is 0 Å². The molecule has 2 unspecified atom stereocenters. The maximum Gasteiger partial charge on any atom is 0.0615 e. The Morgan fingerprint density at radius 1 is 1.08 bits per heavy atom. The van der Waals surface area contributed by atoms with Gasteiger partial charge in [-0.05, 0) is 44.1 Å². The highest BCUT2D eigenvalue weighted by Crippen LogP contribution is 2.32. The van der Waals surface area contributed by atoms with Crippen molar-refractivity contribution in [3.8, 4) is 0 Å². The summed E-state index contributed by atoms with van der Waals surface area (Å²) in [6.45, 7) is 1.82. The molecule has 2 heteroatoms. The first kappa shape index (κ1) is 9.47. The summed E-state index contributed by atoms with van der Waals surface area (Å²) in [7, 11) is 0. The van der Waals surface area contributed by atoms with Crippen molar-refractivity contribution >= 4 is 0 Å². The first-order valence-corrected chi connectivity index (χ1v) is 5.72. The van der Waals surface area contributed by atoms with Crippen LogP contribution in [0.4, 0.5) is 0 Å². The van der Waals surface area contributed by atoms with Crippen molar-refractivity contribution in [2.24, 2.45) is 17.6 Å². The van der Waals surface area contributed by atoms with Gasteiger partial charge in [0.25, 0.3) is 0 Å². The summed E-state index contributed by atoms with van der Waals surface area (Å²) in [6.07, 6.45) is 8.48. The fourth-order valence-electron chi connectivity index (χ4n) is 2.21. The first-order chi connectivity index (χ1) is 6.40. The van der Waals surface area contributed by atoms with E-state index in [9.17, 15) is 0 Å². The third-order valence-electron chi connectivity index (χ3n) is 3.39. The summed E-state index contributed by atoms with van der Waals surface area (Å²) in [6, 6.07) is 0. The zero-order valence-corrected chi connectivity index (χ0v) is 8.37. The second kappa shape index (κ2) is 4.43.